The van der Waals surface area contributed by atoms with Crippen LogP contribution < -0.4 is 10.4 Å². The van der Waals surface area contributed by atoms with Gasteiger partial charge in [-0.05, 0) is 74.9 Å². The zero-order valence-corrected chi connectivity index (χ0v) is 21.9. The van der Waals surface area contributed by atoms with E-state index in [1.165, 1.54) is 33.0 Å². The minimum absolute atomic E-state index is 0.0337. The van der Waals surface area contributed by atoms with Gasteiger partial charge in [0.25, 0.3) is 11.2 Å². The molecule has 0 atom stereocenters. The fourth-order valence-corrected chi connectivity index (χ4v) is 6.97. The number of benzene rings is 2. The number of hydrogen-bond donors (Lipinski definition) is 0. The Bertz CT molecular complexity index is 1790. The summed E-state index contributed by atoms with van der Waals surface area (Å²) in [6.45, 7) is 3.83. The molecule has 0 fully saturated rings. The second-order valence-electron chi connectivity index (χ2n) is 9.15. The number of fused-ring (bicyclic) bond motifs is 3. The van der Waals surface area contributed by atoms with E-state index in [1.54, 1.807) is 23.5 Å². The lowest BCUT2D eigenvalue weighted by Crippen LogP contribution is -2.25. The number of thiophene rings is 1. The van der Waals surface area contributed by atoms with E-state index in [-0.39, 0.29) is 11.2 Å². The third kappa shape index (κ3) is 4.11. The van der Waals surface area contributed by atoms with Crippen molar-refractivity contribution in [3.63, 3.8) is 0 Å². The summed E-state index contributed by atoms with van der Waals surface area (Å²) in [4.78, 5) is 31.9. The van der Waals surface area contributed by atoms with E-state index in [4.69, 9.17) is 10.1 Å². The molecule has 0 aliphatic heterocycles. The maximum absolute atomic E-state index is 13.7. The lowest BCUT2D eigenvalue weighted by Gasteiger charge is -2.11. The van der Waals surface area contributed by atoms with Gasteiger partial charge in [-0.15, -0.1) is 27.8 Å². The van der Waals surface area contributed by atoms with Crippen LogP contribution in [0.3, 0.4) is 0 Å². The second-order valence-corrected chi connectivity index (χ2v) is 11.1. The molecule has 1 aliphatic carbocycles. The molecule has 0 N–H and O–H groups in total. The minimum atomic E-state index is -0.409. The van der Waals surface area contributed by atoms with Gasteiger partial charge in [-0.3, -0.25) is 19.5 Å². The van der Waals surface area contributed by atoms with E-state index in [0.717, 1.165) is 58.6 Å². The van der Waals surface area contributed by atoms with Crippen LogP contribution in [0, 0.1) is 24.0 Å². The number of rotatable bonds is 4. The van der Waals surface area contributed by atoms with E-state index >= 15 is 0 Å². The van der Waals surface area contributed by atoms with E-state index < -0.39 is 4.92 Å². The third-order valence-corrected chi connectivity index (χ3v) is 8.69. The van der Waals surface area contributed by atoms with Crippen LogP contribution in [0.5, 0.6) is 0 Å². The maximum atomic E-state index is 13.7. The van der Waals surface area contributed by atoms with Gasteiger partial charge < -0.3 is 0 Å². The van der Waals surface area contributed by atoms with Crippen molar-refractivity contribution in [1.29, 1.82) is 0 Å². The van der Waals surface area contributed by atoms with Crippen molar-refractivity contribution in [3.8, 4) is 16.9 Å². The first-order valence-corrected chi connectivity index (χ1v) is 13.7. The smallest absolute Gasteiger partial charge is 0.283 e. The summed E-state index contributed by atoms with van der Waals surface area (Å²) in [5.41, 5.74) is 4.68. The lowest BCUT2D eigenvalue weighted by molar-refractivity contribution is -0.384. The molecule has 10 heteroatoms. The largest absolute Gasteiger partial charge is 0.284 e. The standard InChI is InChI=1S/C27H23N5O3S2/c1-16-7-11-19(12-8-16)30-22(18-9-13-20(14-10-18)32(34)35)15-36-27(30)29-31-17(2)28-25-24(26(31)33)21-5-3-4-6-23(21)37-25/h7-15H,3-6H2,1-2H3/b29-27-. The van der Waals surface area contributed by atoms with E-state index in [2.05, 4.69) is 0 Å². The Hall–Kier alpha value is -3.89. The summed E-state index contributed by atoms with van der Waals surface area (Å²) in [5.74, 6) is 0.539. The zero-order chi connectivity index (χ0) is 25.7. The summed E-state index contributed by atoms with van der Waals surface area (Å²) in [5, 5.41) is 18.6. The van der Waals surface area contributed by atoms with Crippen molar-refractivity contribution in [2.24, 2.45) is 5.10 Å². The highest BCUT2D eigenvalue weighted by Gasteiger charge is 2.21. The molecule has 0 saturated heterocycles. The maximum Gasteiger partial charge on any atom is 0.283 e. The van der Waals surface area contributed by atoms with Gasteiger partial charge >= 0.3 is 0 Å². The molecular formula is C27H23N5O3S2. The average molecular weight is 530 g/mol. The van der Waals surface area contributed by atoms with Crippen molar-refractivity contribution in [2.75, 3.05) is 0 Å². The Morgan fingerprint density at radius 1 is 1.03 bits per heavy atom. The SMILES string of the molecule is Cc1ccc(-n2c(-c3ccc([N+](=O)[O-])cc3)cs/c2=N\n2c(C)nc3sc4c(c3c2=O)CCCC4)cc1. The van der Waals surface area contributed by atoms with Crippen LogP contribution in [0.4, 0.5) is 5.69 Å². The Morgan fingerprint density at radius 2 is 1.76 bits per heavy atom. The fourth-order valence-electron chi connectivity index (χ4n) is 4.78. The number of aromatic nitrogens is 3. The first-order valence-electron chi connectivity index (χ1n) is 12.0. The van der Waals surface area contributed by atoms with Crippen molar-refractivity contribution >= 4 is 38.6 Å². The fraction of sp³-hybridized carbons (Fsp3) is 0.222. The Labute approximate surface area is 220 Å². The third-order valence-electron chi connectivity index (χ3n) is 6.69. The van der Waals surface area contributed by atoms with Gasteiger partial charge in [0.15, 0.2) is 0 Å². The summed E-state index contributed by atoms with van der Waals surface area (Å²) in [6, 6.07) is 14.5. The highest BCUT2D eigenvalue weighted by atomic mass is 32.1. The first-order chi connectivity index (χ1) is 17.9. The average Bonchev–Trinajstić information content (AvgIpc) is 3.48. The lowest BCUT2D eigenvalue weighted by atomic mass is 9.97. The highest BCUT2D eigenvalue weighted by molar-refractivity contribution is 7.18. The van der Waals surface area contributed by atoms with Crippen LogP contribution in [0.2, 0.25) is 0 Å². The van der Waals surface area contributed by atoms with Crippen LogP contribution in [-0.2, 0) is 12.8 Å². The predicted molar refractivity (Wildman–Crippen MR) is 147 cm³/mol. The minimum Gasteiger partial charge on any atom is -0.284 e. The molecule has 3 heterocycles. The molecule has 37 heavy (non-hydrogen) atoms. The van der Waals surface area contributed by atoms with Crippen LogP contribution in [0.15, 0.2) is 63.8 Å². The molecule has 0 bridgehead atoms. The van der Waals surface area contributed by atoms with Gasteiger partial charge in [-0.2, -0.15) is 4.68 Å². The number of hydrogen-bond acceptors (Lipinski definition) is 7. The van der Waals surface area contributed by atoms with Crippen molar-refractivity contribution in [2.45, 2.75) is 39.5 Å². The number of non-ortho nitro benzene ring substituents is 1. The summed E-state index contributed by atoms with van der Waals surface area (Å²) in [6.07, 6.45) is 4.14. The van der Waals surface area contributed by atoms with Crippen LogP contribution in [-0.4, -0.2) is 19.2 Å². The van der Waals surface area contributed by atoms with Crippen LogP contribution in [0.25, 0.3) is 27.2 Å². The van der Waals surface area contributed by atoms with Gasteiger partial charge in [0.1, 0.15) is 10.7 Å². The normalized spacial score (nSPS) is 13.7. The topological polar surface area (TPSA) is 95.3 Å². The molecule has 0 unspecified atom stereocenters. The van der Waals surface area contributed by atoms with Crippen LogP contribution in [0.1, 0.15) is 34.7 Å². The number of nitrogens with zero attached hydrogens (tertiary/aromatic N) is 5. The van der Waals surface area contributed by atoms with Gasteiger partial charge in [0.05, 0.1) is 16.0 Å². The number of thiazole rings is 1. The molecule has 1 aliphatic rings. The van der Waals surface area contributed by atoms with Crippen molar-refractivity contribution in [1.82, 2.24) is 14.2 Å². The molecule has 0 saturated carbocycles. The van der Waals surface area contributed by atoms with E-state index in [0.29, 0.717) is 16.0 Å². The second kappa shape index (κ2) is 9.20. The molecule has 0 radical (unpaired) electrons. The van der Waals surface area contributed by atoms with Gasteiger partial charge in [-0.1, -0.05) is 17.7 Å². The monoisotopic (exact) mass is 529 g/mol. The summed E-state index contributed by atoms with van der Waals surface area (Å²) in [7, 11) is 0. The molecular weight excluding hydrogens is 506 g/mol. The predicted octanol–water partition coefficient (Wildman–Crippen LogP) is 5.75. The molecule has 8 nitrogen and oxygen atoms in total. The molecule has 3 aromatic heterocycles. The van der Waals surface area contributed by atoms with E-state index in [9.17, 15) is 14.9 Å². The van der Waals surface area contributed by atoms with Crippen molar-refractivity contribution < 1.29 is 4.92 Å². The van der Waals surface area contributed by atoms with Crippen molar-refractivity contribution in [3.05, 3.63) is 101 Å². The molecule has 0 spiro atoms. The summed E-state index contributed by atoms with van der Waals surface area (Å²) < 4.78 is 3.39. The van der Waals surface area contributed by atoms with Gasteiger partial charge in [0.2, 0.25) is 4.80 Å². The number of nitro benzene ring substituents is 1. The van der Waals surface area contributed by atoms with Gasteiger partial charge in [0, 0.05) is 28.1 Å². The molecule has 186 valence electrons. The molecule has 5 aromatic rings. The Balaban J connectivity index is 1.58. The Kier molecular flexibility index (Phi) is 5.85. The summed E-state index contributed by atoms with van der Waals surface area (Å²) >= 11 is 3.04. The quantitative estimate of drug-likeness (QED) is 0.219. The molecule has 2 aromatic carbocycles. The zero-order valence-electron chi connectivity index (χ0n) is 20.3. The van der Waals surface area contributed by atoms with E-state index in [1.807, 2.05) is 48.1 Å². The molecule has 0 amide bonds. The Morgan fingerprint density at radius 3 is 2.49 bits per heavy atom. The molecule has 6 rings (SSSR count). The van der Waals surface area contributed by atoms with Crippen LogP contribution >= 0.6 is 22.7 Å². The van der Waals surface area contributed by atoms with Gasteiger partial charge in [-0.25, -0.2) is 4.98 Å². The first kappa shape index (κ1) is 23.5. The number of nitro groups is 1. The highest BCUT2D eigenvalue weighted by Crippen LogP contribution is 2.33. The number of aryl methyl sites for hydroxylation is 4.